The fourth-order valence-electron chi connectivity index (χ4n) is 3.78. The first-order valence-electron chi connectivity index (χ1n) is 9.17. The van der Waals surface area contributed by atoms with Crippen molar-refractivity contribution in [3.8, 4) is 11.1 Å². The van der Waals surface area contributed by atoms with Crippen molar-refractivity contribution in [2.24, 2.45) is 10.9 Å². The standard InChI is InChI=1S/C22H21N3O/c1-2-4-17(5-3-1)18-6-8-19(9-7-18)21-24-22(15-26-21,20-10-11-20)14-25-13-12-23-16-25/h1-9,12-13,16,20H,10-11,14-15H2. The van der Waals surface area contributed by atoms with Crippen molar-refractivity contribution in [3.05, 3.63) is 78.9 Å². The van der Waals surface area contributed by atoms with Gasteiger partial charge in [0.05, 0.1) is 12.9 Å². The summed E-state index contributed by atoms with van der Waals surface area (Å²) in [6.45, 7) is 1.49. The van der Waals surface area contributed by atoms with Crippen molar-refractivity contribution in [1.29, 1.82) is 0 Å². The third kappa shape index (κ3) is 2.81. The number of hydrogen-bond acceptors (Lipinski definition) is 3. The van der Waals surface area contributed by atoms with Crippen molar-refractivity contribution in [1.82, 2.24) is 9.55 Å². The Labute approximate surface area is 153 Å². The maximum absolute atomic E-state index is 6.07. The molecule has 1 atom stereocenters. The molecule has 1 saturated carbocycles. The van der Waals surface area contributed by atoms with Crippen molar-refractivity contribution < 1.29 is 4.74 Å². The van der Waals surface area contributed by atoms with Crippen LogP contribution in [-0.2, 0) is 11.3 Å². The van der Waals surface area contributed by atoms with Crippen molar-refractivity contribution in [2.45, 2.75) is 24.9 Å². The summed E-state index contributed by atoms with van der Waals surface area (Å²) in [7, 11) is 0. The fraction of sp³-hybridized carbons (Fsp3) is 0.273. The van der Waals surface area contributed by atoms with Gasteiger partial charge >= 0.3 is 0 Å². The van der Waals surface area contributed by atoms with E-state index < -0.39 is 0 Å². The summed E-state index contributed by atoms with van der Waals surface area (Å²) < 4.78 is 8.18. The highest BCUT2D eigenvalue weighted by atomic mass is 16.5. The Morgan fingerprint density at radius 2 is 1.69 bits per heavy atom. The van der Waals surface area contributed by atoms with Crippen LogP contribution in [0.25, 0.3) is 11.1 Å². The first kappa shape index (κ1) is 15.4. The zero-order chi connectivity index (χ0) is 17.4. The molecule has 0 amide bonds. The summed E-state index contributed by atoms with van der Waals surface area (Å²) in [6.07, 6.45) is 8.17. The summed E-state index contributed by atoms with van der Waals surface area (Å²) >= 11 is 0. The molecule has 2 aliphatic rings. The Balaban J connectivity index is 1.42. The second-order valence-electron chi connectivity index (χ2n) is 7.26. The maximum atomic E-state index is 6.07. The van der Waals surface area contributed by atoms with Gasteiger partial charge in [0.1, 0.15) is 12.1 Å². The van der Waals surface area contributed by atoms with Crippen LogP contribution >= 0.6 is 0 Å². The predicted molar refractivity (Wildman–Crippen MR) is 102 cm³/mol. The average molecular weight is 343 g/mol. The highest BCUT2D eigenvalue weighted by Crippen LogP contribution is 2.45. The minimum atomic E-state index is -0.145. The van der Waals surface area contributed by atoms with Crippen LogP contribution in [0.5, 0.6) is 0 Å². The fourth-order valence-corrected chi connectivity index (χ4v) is 3.78. The second-order valence-corrected chi connectivity index (χ2v) is 7.26. The molecule has 0 saturated heterocycles. The van der Waals surface area contributed by atoms with E-state index in [4.69, 9.17) is 9.73 Å². The van der Waals surface area contributed by atoms with Crippen LogP contribution in [0.3, 0.4) is 0 Å². The summed E-state index contributed by atoms with van der Waals surface area (Å²) in [5.41, 5.74) is 3.34. The number of aromatic nitrogens is 2. The maximum Gasteiger partial charge on any atom is 0.216 e. The normalized spacial score (nSPS) is 22.1. The van der Waals surface area contributed by atoms with Crippen LogP contribution in [0.2, 0.25) is 0 Å². The SMILES string of the molecule is c1ccc(-c2ccc(C3=NC(Cn4ccnc4)(C4CC4)CO3)cc2)cc1. The zero-order valence-electron chi connectivity index (χ0n) is 14.6. The predicted octanol–water partition coefficient (Wildman–Crippen LogP) is 4.18. The quantitative estimate of drug-likeness (QED) is 0.697. The van der Waals surface area contributed by atoms with Gasteiger partial charge in [-0.2, -0.15) is 0 Å². The van der Waals surface area contributed by atoms with E-state index in [1.807, 2.05) is 24.8 Å². The van der Waals surface area contributed by atoms with E-state index in [-0.39, 0.29) is 5.54 Å². The lowest BCUT2D eigenvalue weighted by Gasteiger charge is -2.24. The molecule has 4 heteroatoms. The topological polar surface area (TPSA) is 39.4 Å². The van der Waals surface area contributed by atoms with E-state index in [1.54, 1.807) is 0 Å². The highest BCUT2D eigenvalue weighted by Gasteiger charge is 2.49. The molecule has 2 heterocycles. The van der Waals surface area contributed by atoms with Crippen LogP contribution in [0.15, 0.2) is 78.3 Å². The highest BCUT2D eigenvalue weighted by molar-refractivity contribution is 5.96. The van der Waals surface area contributed by atoms with Gasteiger partial charge in [0.25, 0.3) is 0 Å². The molecule has 0 bridgehead atoms. The van der Waals surface area contributed by atoms with Gasteiger partial charge in [0.2, 0.25) is 5.90 Å². The molecule has 0 spiro atoms. The van der Waals surface area contributed by atoms with Crippen molar-refractivity contribution >= 4 is 5.90 Å². The molecule has 1 unspecified atom stereocenters. The lowest BCUT2D eigenvalue weighted by atomic mass is 9.95. The number of benzene rings is 2. The first-order chi connectivity index (χ1) is 12.8. The van der Waals surface area contributed by atoms with Gasteiger partial charge in [-0.1, -0.05) is 42.5 Å². The van der Waals surface area contributed by atoms with Crippen LogP contribution in [0.1, 0.15) is 18.4 Å². The van der Waals surface area contributed by atoms with Crippen LogP contribution in [0, 0.1) is 5.92 Å². The first-order valence-corrected chi connectivity index (χ1v) is 9.17. The number of hydrogen-bond donors (Lipinski definition) is 0. The molecule has 5 rings (SSSR count). The molecule has 26 heavy (non-hydrogen) atoms. The molecule has 1 aromatic heterocycles. The van der Waals surface area contributed by atoms with Gasteiger partial charge < -0.3 is 9.30 Å². The van der Waals surface area contributed by atoms with Gasteiger partial charge in [0, 0.05) is 18.0 Å². The Kier molecular flexibility index (Phi) is 3.63. The monoisotopic (exact) mass is 343 g/mol. The summed E-state index contributed by atoms with van der Waals surface area (Å²) in [5, 5.41) is 0. The van der Waals surface area contributed by atoms with E-state index in [9.17, 15) is 0 Å². The van der Waals surface area contributed by atoms with E-state index in [0.29, 0.717) is 12.5 Å². The van der Waals surface area contributed by atoms with Gasteiger partial charge in [-0.3, -0.25) is 0 Å². The van der Waals surface area contributed by atoms with Gasteiger partial charge in [-0.05, 0) is 42.0 Å². The van der Waals surface area contributed by atoms with Gasteiger partial charge in [0.15, 0.2) is 0 Å². The third-order valence-electron chi connectivity index (χ3n) is 5.37. The zero-order valence-corrected chi connectivity index (χ0v) is 14.6. The van der Waals surface area contributed by atoms with Crippen LogP contribution in [-0.4, -0.2) is 27.6 Å². The summed E-state index contributed by atoms with van der Waals surface area (Å²) in [4.78, 5) is 9.24. The molecule has 2 aromatic carbocycles. The molecule has 130 valence electrons. The molecular formula is C22H21N3O. The number of ether oxygens (including phenoxy) is 1. The Bertz CT molecular complexity index is 912. The third-order valence-corrected chi connectivity index (χ3v) is 5.37. The molecular weight excluding hydrogens is 322 g/mol. The van der Waals surface area contributed by atoms with Crippen LogP contribution < -0.4 is 0 Å². The summed E-state index contributed by atoms with van der Waals surface area (Å²) in [5.74, 6) is 1.39. The molecule has 3 aromatic rings. The van der Waals surface area contributed by atoms with Gasteiger partial charge in [-0.25, -0.2) is 9.98 Å². The smallest absolute Gasteiger partial charge is 0.216 e. The lowest BCUT2D eigenvalue weighted by Crippen LogP contribution is -2.36. The second kappa shape index (κ2) is 6.13. The lowest BCUT2D eigenvalue weighted by molar-refractivity contribution is 0.212. The van der Waals surface area contributed by atoms with E-state index in [2.05, 4.69) is 58.1 Å². The molecule has 0 N–H and O–H groups in total. The van der Waals surface area contributed by atoms with Crippen molar-refractivity contribution in [3.63, 3.8) is 0 Å². The van der Waals surface area contributed by atoms with Crippen molar-refractivity contribution in [2.75, 3.05) is 6.61 Å². The Morgan fingerprint density at radius 1 is 0.962 bits per heavy atom. The van der Waals surface area contributed by atoms with E-state index >= 15 is 0 Å². The van der Waals surface area contributed by atoms with Crippen LogP contribution in [0.4, 0.5) is 0 Å². The number of nitrogens with zero attached hydrogens (tertiary/aromatic N) is 3. The minimum absolute atomic E-state index is 0.145. The van der Waals surface area contributed by atoms with Gasteiger partial charge in [-0.15, -0.1) is 0 Å². The largest absolute Gasteiger partial charge is 0.475 e. The molecule has 1 aliphatic carbocycles. The number of imidazole rings is 1. The Hall–Kier alpha value is -2.88. The molecule has 1 aliphatic heterocycles. The minimum Gasteiger partial charge on any atom is -0.475 e. The Morgan fingerprint density at radius 3 is 2.38 bits per heavy atom. The van der Waals surface area contributed by atoms with E-state index in [0.717, 1.165) is 18.0 Å². The average Bonchev–Trinajstić information content (AvgIpc) is 3.29. The molecule has 4 nitrogen and oxygen atoms in total. The number of rotatable bonds is 5. The molecule has 1 fully saturated rings. The number of aliphatic imine (C=N–C) groups is 1. The summed E-state index contributed by atoms with van der Waals surface area (Å²) in [6, 6.07) is 18.9. The van der Waals surface area contributed by atoms with E-state index in [1.165, 1.54) is 24.0 Å². The molecule has 0 radical (unpaired) electrons.